The second-order valence-corrected chi connectivity index (χ2v) is 6.52. The summed E-state index contributed by atoms with van der Waals surface area (Å²) in [4.78, 5) is 13.8. The summed E-state index contributed by atoms with van der Waals surface area (Å²) in [5.74, 6) is 0.117. The van der Waals surface area contributed by atoms with Gasteiger partial charge in [-0.3, -0.25) is 0 Å². The van der Waals surface area contributed by atoms with Gasteiger partial charge in [0.05, 0.1) is 12.6 Å². The molecule has 2 amide bonds. The molecule has 2 heterocycles. The molecule has 0 radical (unpaired) electrons. The second kappa shape index (κ2) is 8.80. The number of urea groups is 1. The monoisotopic (exact) mass is 361 g/mol. The van der Waals surface area contributed by atoms with Crippen LogP contribution >= 0.6 is 0 Å². The SMILES string of the molecule is CN(CCC[C@@H]1CCCO1)C(=O)NCc1cc(-c2ccccc2F)no1. The number of ether oxygens (including phenoxy) is 1. The van der Waals surface area contributed by atoms with Crippen molar-refractivity contribution in [2.75, 3.05) is 20.2 Å². The first kappa shape index (κ1) is 18.4. The van der Waals surface area contributed by atoms with Gasteiger partial charge in [0, 0.05) is 31.8 Å². The molecular weight excluding hydrogens is 337 g/mol. The van der Waals surface area contributed by atoms with E-state index in [0.29, 0.717) is 29.7 Å². The van der Waals surface area contributed by atoms with Crippen LogP contribution in [0.1, 0.15) is 31.4 Å². The summed E-state index contributed by atoms with van der Waals surface area (Å²) in [7, 11) is 1.76. The zero-order valence-corrected chi connectivity index (χ0v) is 14.9. The molecule has 2 aromatic rings. The fourth-order valence-electron chi connectivity index (χ4n) is 3.02. The predicted octanol–water partition coefficient (Wildman–Crippen LogP) is 3.58. The lowest BCUT2D eigenvalue weighted by Crippen LogP contribution is -2.37. The number of hydrogen-bond donors (Lipinski definition) is 1. The Labute approximate surface area is 152 Å². The summed E-state index contributed by atoms with van der Waals surface area (Å²) >= 11 is 0. The molecule has 0 unspecified atom stereocenters. The first-order valence-electron chi connectivity index (χ1n) is 8.94. The highest BCUT2D eigenvalue weighted by Gasteiger charge is 2.16. The van der Waals surface area contributed by atoms with E-state index in [1.807, 2.05) is 0 Å². The van der Waals surface area contributed by atoms with Gasteiger partial charge in [-0.1, -0.05) is 17.3 Å². The number of nitrogens with one attached hydrogen (secondary N) is 1. The van der Waals surface area contributed by atoms with Crippen LogP contribution in [0.5, 0.6) is 0 Å². The Morgan fingerprint density at radius 2 is 2.27 bits per heavy atom. The molecule has 1 aromatic carbocycles. The summed E-state index contributed by atoms with van der Waals surface area (Å²) in [6.07, 6.45) is 4.48. The molecule has 7 heteroatoms. The molecule has 0 bridgehead atoms. The van der Waals surface area contributed by atoms with Gasteiger partial charge in [0.15, 0.2) is 5.76 Å². The van der Waals surface area contributed by atoms with Crippen molar-refractivity contribution in [3.8, 4) is 11.3 Å². The second-order valence-electron chi connectivity index (χ2n) is 6.52. The minimum Gasteiger partial charge on any atom is -0.378 e. The third-order valence-electron chi connectivity index (χ3n) is 4.51. The van der Waals surface area contributed by atoms with Crippen molar-refractivity contribution in [3.63, 3.8) is 0 Å². The van der Waals surface area contributed by atoms with Crippen LogP contribution in [0.25, 0.3) is 11.3 Å². The lowest BCUT2D eigenvalue weighted by atomic mass is 10.1. The highest BCUT2D eigenvalue weighted by atomic mass is 19.1. The molecule has 0 spiro atoms. The largest absolute Gasteiger partial charge is 0.378 e. The molecule has 140 valence electrons. The van der Waals surface area contributed by atoms with Crippen molar-refractivity contribution in [3.05, 3.63) is 41.9 Å². The molecule has 6 nitrogen and oxygen atoms in total. The molecule has 1 aromatic heterocycles. The van der Waals surface area contributed by atoms with Gasteiger partial charge < -0.3 is 19.5 Å². The molecule has 3 rings (SSSR count). The maximum atomic E-state index is 13.8. The number of carbonyl (C=O) groups excluding carboxylic acids is 1. The average Bonchev–Trinajstić information content (AvgIpc) is 3.32. The number of halogens is 1. The first-order valence-corrected chi connectivity index (χ1v) is 8.94. The van der Waals surface area contributed by atoms with Crippen LogP contribution in [0, 0.1) is 5.82 Å². The lowest BCUT2D eigenvalue weighted by Gasteiger charge is -2.18. The Morgan fingerprint density at radius 1 is 1.42 bits per heavy atom. The van der Waals surface area contributed by atoms with Gasteiger partial charge in [-0.05, 0) is 37.8 Å². The van der Waals surface area contributed by atoms with E-state index in [2.05, 4.69) is 10.5 Å². The Hall–Kier alpha value is -2.41. The number of carbonyl (C=O) groups is 1. The minimum absolute atomic E-state index is 0.179. The smallest absolute Gasteiger partial charge is 0.317 e. The van der Waals surface area contributed by atoms with Crippen molar-refractivity contribution in [2.24, 2.45) is 0 Å². The zero-order valence-electron chi connectivity index (χ0n) is 14.9. The summed E-state index contributed by atoms with van der Waals surface area (Å²) in [5, 5.41) is 6.65. The molecular formula is C19H24FN3O3. The molecule has 1 N–H and O–H groups in total. The Morgan fingerprint density at radius 3 is 3.04 bits per heavy atom. The van der Waals surface area contributed by atoms with Gasteiger partial charge in [0.25, 0.3) is 0 Å². The van der Waals surface area contributed by atoms with Gasteiger partial charge in [-0.25, -0.2) is 9.18 Å². The van der Waals surface area contributed by atoms with Crippen LogP contribution in [0.15, 0.2) is 34.9 Å². The Balaban J connectivity index is 1.43. The highest BCUT2D eigenvalue weighted by Crippen LogP contribution is 2.22. The Bertz CT molecular complexity index is 728. The lowest BCUT2D eigenvalue weighted by molar-refractivity contribution is 0.100. The Kier molecular flexibility index (Phi) is 6.22. The quantitative estimate of drug-likeness (QED) is 0.818. The molecule has 1 fully saturated rings. The van der Waals surface area contributed by atoms with E-state index >= 15 is 0 Å². The number of hydrogen-bond acceptors (Lipinski definition) is 4. The molecule has 26 heavy (non-hydrogen) atoms. The van der Waals surface area contributed by atoms with E-state index in [0.717, 1.165) is 32.3 Å². The van der Waals surface area contributed by atoms with E-state index in [9.17, 15) is 9.18 Å². The molecule has 1 aliphatic rings. The van der Waals surface area contributed by atoms with Crippen molar-refractivity contribution in [1.82, 2.24) is 15.4 Å². The van der Waals surface area contributed by atoms with Gasteiger partial charge in [-0.2, -0.15) is 0 Å². The molecule has 1 aliphatic heterocycles. The van der Waals surface area contributed by atoms with Crippen LogP contribution in [0.2, 0.25) is 0 Å². The zero-order chi connectivity index (χ0) is 18.4. The van der Waals surface area contributed by atoms with E-state index in [4.69, 9.17) is 9.26 Å². The number of aromatic nitrogens is 1. The van der Waals surface area contributed by atoms with Crippen molar-refractivity contribution in [2.45, 2.75) is 38.3 Å². The van der Waals surface area contributed by atoms with Crippen molar-refractivity contribution in [1.29, 1.82) is 0 Å². The number of benzene rings is 1. The van der Waals surface area contributed by atoms with E-state index in [1.165, 1.54) is 6.07 Å². The van der Waals surface area contributed by atoms with Crippen LogP contribution in [0.4, 0.5) is 9.18 Å². The predicted molar refractivity (Wildman–Crippen MR) is 95.0 cm³/mol. The summed E-state index contributed by atoms with van der Waals surface area (Å²) in [5.41, 5.74) is 0.789. The third-order valence-corrected chi connectivity index (χ3v) is 4.51. The third kappa shape index (κ3) is 4.82. The van der Waals surface area contributed by atoms with Crippen molar-refractivity contribution >= 4 is 6.03 Å². The van der Waals surface area contributed by atoms with Crippen LogP contribution < -0.4 is 5.32 Å². The molecule has 0 aliphatic carbocycles. The van der Waals surface area contributed by atoms with Crippen molar-refractivity contribution < 1.29 is 18.4 Å². The topological polar surface area (TPSA) is 67.6 Å². The van der Waals surface area contributed by atoms with Crippen LogP contribution in [0.3, 0.4) is 0 Å². The van der Waals surface area contributed by atoms with E-state index in [1.54, 1.807) is 36.2 Å². The summed E-state index contributed by atoms with van der Waals surface area (Å²) in [6, 6.07) is 7.82. The fourth-order valence-corrected chi connectivity index (χ4v) is 3.02. The number of nitrogens with zero attached hydrogens (tertiary/aromatic N) is 2. The fraction of sp³-hybridized carbons (Fsp3) is 0.474. The normalized spacial score (nSPS) is 16.6. The van der Waals surface area contributed by atoms with E-state index in [-0.39, 0.29) is 18.4 Å². The van der Waals surface area contributed by atoms with Crippen LogP contribution in [-0.2, 0) is 11.3 Å². The number of amides is 2. The average molecular weight is 361 g/mol. The van der Waals surface area contributed by atoms with Gasteiger partial charge in [0.1, 0.15) is 11.5 Å². The highest BCUT2D eigenvalue weighted by molar-refractivity contribution is 5.73. The van der Waals surface area contributed by atoms with Gasteiger partial charge >= 0.3 is 6.03 Å². The molecule has 1 atom stereocenters. The first-order chi connectivity index (χ1) is 12.6. The summed E-state index contributed by atoms with van der Waals surface area (Å²) in [6.45, 7) is 1.73. The van der Waals surface area contributed by atoms with Gasteiger partial charge in [0.2, 0.25) is 0 Å². The van der Waals surface area contributed by atoms with Gasteiger partial charge in [-0.15, -0.1) is 0 Å². The van der Waals surface area contributed by atoms with Crippen LogP contribution in [-0.4, -0.2) is 42.4 Å². The maximum absolute atomic E-state index is 13.8. The minimum atomic E-state index is -0.359. The maximum Gasteiger partial charge on any atom is 0.317 e. The van der Waals surface area contributed by atoms with E-state index < -0.39 is 0 Å². The molecule has 0 saturated carbocycles. The summed E-state index contributed by atoms with van der Waals surface area (Å²) < 4.78 is 24.5. The number of rotatable bonds is 7. The molecule has 1 saturated heterocycles. The standard InChI is InChI=1S/C19H24FN3O3/c1-23(10-4-6-14-7-5-11-25-14)19(24)21-13-15-12-18(22-26-15)16-8-2-3-9-17(16)20/h2-3,8-9,12,14H,4-7,10-11,13H2,1H3,(H,21,24)/t14-/m1/s1.